The van der Waals surface area contributed by atoms with E-state index in [1.807, 2.05) is 37.4 Å². The van der Waals surface area contributed by atoms with Gasteiger partial charge >= 0.3 is 5.97 Å². The van der Waals surface area contributed by atoms with E-state index in [9.17, 15) is 4.79 Å². The molecule has 1 aromatic carbocycles. The summed E-state index contributed by atoms with van der Waals surface area (Å²) in [7, 11) is 1.78. The number of carbonyl (C=O) groups is 1. The summed E-state index contributed by atoms with van der Waals surface area (Å²) in [5, 5.41) is 4.57. The van der Waals surface area contributed by atoms with E-state index in [1.165, 1.54) is 5.56 Å². The first-order chi connectivity index (χ1) is 12.7. The maximum absolute atomic E-state index is 12.1. The molecule has 2 aromatic rings. The summed E-state index contributed by atoms with van der Waals surface area (Å²) in [5.74, 6) is 0.636. The van der Waals surface area contributed by atoms with Crippen LogP contribution in [0.1, 0.15) is 25.3 Å². The van der Waals surface area contributed by atoms with Crippen molar-refractivity contribution in [2.24, 2.45) is 10.9 Å². The number of aromatic nitrogens is 1. The van der Waals surface area contributed by atoms with E-state index in [1.54, 1.807) is 7.05 Å². The molecule has 138 valence electrons. The number of hydrogen-bond donors (Lipinski definition) is 1. The lowest BCUT2D eigenvalue weighted by Gasteiger charge is -2.34. The zero-order valence-electron chi connectivity index (χ0n) is 15.4. The minimum Gasteiger partial charge on any atom is -0.466 e. The molecule has 26 heavy (non-hydrogen) atoms. The molecule has 0 radical (unpaired) electrons. The molecule has 0 saturated carbocycles. The van der Waals surface area contributed by atoms with Crippen molar-refractivity contribution in [2.75, 3.05) is 26.7 Å². The van der Waals surface area contributed by atoms with Crippen LogP contribution in [-0.2, 0) is 16.1 Å². The summed E-state index contributed by atoms with van der Waals surface area (Å²) in [6, 6.07) is 10.1. The minimum atomic E-state index is -0.104. The van der Waals surface area contributed by atoms with Crippen molar-refractivity contribution >= 4 is 22.8 Å². The summed E-state index contributed by atoms with van der Waals surface area (Å²) >= 11 is 0. The molecule has 6 heteroatoms. The van der Waals surface area contributed by atoms with Gasteiger partial charge in [0.15, 0.2) is 5.96 Å². The maximum Gasteiger partial charge on any atom is 0.310 e. The Hall–Kier alpha value is -2.63. The third-order valence-corrected chi connectivity index (χ3v) is 4.73. The summed E-state index contributed by atoms with van der Waals surface area (Å²) in [6.07, 6.45) is 3.67. The summed E-state index contributed by atoms with van der Waals surface area (Å²) in [4.78, 5) is 23.0. The molecule has 0 aliphatic carbocycles. The number of fused-ring (bicyclic) bond motifs is 1. The van der Waals surface area contributed by atoms with Crippen LogP contribution in [0.25, 0.3) is 10.9 Å². The second-order valence-electron chi connectivity index (χ2n) is 6.43. The van der Waals surface area contributed by atoms with Crippen molar-refractivity contribution < 1.29 is 9.53 Å². The van der Waals surface area contributed by atoms with Gasteiger partial charge in [0.25, 0.3) is 0 Å². The first-order valence-electron chi connectivity index (χ1n) is 9.17. The predicted octanol–water partition coefficient (Wildman–Crippen LogP) is 2.59. The number of likely N-dealkylation sites (tertiary alicyclic amines) is 1. The number of pyridine rings is 1. The first kappa shape index (κ1) is 18.2. The van der Waals surface area contributed by atoms with Crippen LogP contribution in [0, 0.1) is 5.92 Å². The van der Waals surface area contributed by atoms with Gasteiger partial charge in [-0.2, -0.15) is 0 Å². The molecule has 1 aromatic heterocycles. The molecule has 1 N–H and O–H groups in total. The van der Waals surface area contributed by atoms with Gasteiger partial charge in [-0.25, -0.2) is 0 Å². The van der Waals surface area contributed by atoms with Crippen LogP contribution < -0.4 is 5.32 Å². The van der Waals surface area contributed by atoms with Crippen LogP contribution in [0.3, 0.4) is 0 Å². The lowest BCUT2D eigenvalue weighted by molar-refractivity contribution is -0.149. The van der Waals surface area contributed by atoms with Crippen LogP contribution in [0.2, 0.25) is 0 Å². The normalized spacial score (nSPS) is 18.0. The lowest BCUT2D eigenvalue weighted by Crippen LogP contribution is -2.48. The van der Waals surface area contributed by atoms with Gasteiger partial charge in [-0.15, -0.1) is 0 Å². The molecular weight excluding hydrogens is 328 g/mol. The number of nitrogens with one attached hydrogen (secondary N) is 1. The predicted molar refractivity (Wildman–Crippen MR) is 103 cm³/mol. The van der Waals surface area contributed by atoms with E-state index < -0.39 is 0 Å². The van der Waals surface area contributed by atoms with Gasteiger partial charge in [0.05, 0.1) is 18.0 Å². The van der Waals surface area contributed by atoms with Gasteiger partial charge in [0.1, 0.15) is 0 Å². The Balaban J connectivity index is 1.67. The number of nitrogens with zero attached hydrogens (tertiary/aromatic N) is 3. The van der Waals surface area contributed by atoms with Crippen molar-refractivity contribution in [1.82, 2.24) is 15.2 Å². The fourth-order valence-electron chi connectivity index (χ4n) is 3.44. The number of rotatable bonds is 4. The molecule has 6 nitrogen and oxygen atoms in total. The summed E-state index contributed by atoms with van der Waals surface area (Å²) in [5.41, 5.74) is 2.16. The van der Waals surface area contributed by atoms with Crippen molar-refractivity contribution in [3.8, 4) is 0 Å². The third kappa shape index (κ3) is 4.12. The van der Waals surface area contributed by atoms with Crippen molar-refractivity contribution in [3.05, 3.63) is 42.1 Å². The maximum atomic E-state index is 12.1. The zero-order chi connectivity index (χ0) is 18.4. The molecule has 0 bridgehead atoms. The fourth-order valence-corrected chi connectivity index (χ4v) is 3.44. The van der Waals surface area contributed by atoms with Crippen LogP contribution in [0.15, 0.2) is 41.5 Å². The summed E-state index contributed by atoms with van der Waals surface area (Å²) < 4.78 is 5.19. The molecule has 1 atom stereocenters. The van der Waals surface area contributed by atoms with E-state index in [0.29, 0.717) is 19.7 Å². The Morgan fingerprint density at radius 2 is 2.23 bits per heavy atom. The van der Waals surface area contributed by atoms with Crippen LogP contribution in [0.4, 0.5) is 0 Å². The van der Waals surface area contributed by atoms with Crippen LogP contribution in [0.5, 0.6) is 0 Å². The Morgan fingerprint density at radius 1 is 1.38 bits per heavy atom. The van der Waals surface area contributed by atoms with E-state index in [4.69, 9.17) is 4.74 Å². The number of carbonyl (C=O) groups excluding carboxylic acids is 1. The highest BCUT2D eigenvalue weighted by atomic mass is 16.5. The van der Waals surface area contributed by atoms with Crippen molar-refractivity contribution in [1.29, 1.82) is 0 Å². The molecule has 1 aliphatic heterocycles. The largest absolute Gasteiger partial charge is 0.466 e. The van der Waals surface area contributed by atoms with Gasteiger partial charge in [-0.3, -0.25) is 14.8 Å². The molecule has 0 spiro atoms. The number of para-hydroxylation sites is 1. The SMILES string of the molecule is CCOC(=O)[C@@H]1CCCN(C(=NC)NCc2ccnc3ccccc23)C1. The number of piperidine rings is 1. The number of esters is 1. The Labute approximate surface area is 154 Å². The van der Waals surface area contributed by atoms with Crippen LogP contribution >= 0.6 is 0 Å². The smallest absolute Gasteiger partial charge is 0.310 e. The molecule has 2 heterocycles. The van der Waals surface area contributed by atoms with E-state index in [2.05, 4.69) is 26.3 Å². The average Bonchev–Trinajstić information content (AvgIpc) is 2.69. The highest BCUT2D eigenvalue weighted by Crippen LogP contribution is 2.19. The molecule has 0 unspecified atom stereocenters. The van der Waals surface area contributed by atoms with E-state index in [0.717, 1.165) is 36.2 Å². The second-order valence-corrected chi connectivity index (χ2v) is 6.43. The zero-order valence-corrected chi connectivity index (χ0v) is 15.4. The van der Waals surface area contributed by atoms with Gasteiger partial charge in [0.2, 0.25) is 0 Å². The molecule has 1 saturated heterocycles. The molecule has 3 rings (SSSR count). The standard InChI is InChI=1S/C20H26N4O2/c1-3-26-19(25)16-7-6-12-24(14-16)20(21-2)23-13-15-10-11-22-18-9-5-4-8-17(15)18/h4-5,8-11,16H,3,6-7,12-14H2,1-2H3,(H,21,23)/t16-/m1/s1. The topological polar surface area (TPSA) is 66.8 Å². The summed E-state index contributed by atoms with van der Waals surface area (Å²) in [6.45, 7) is 4.48. The van der Waals surface area contributed by atoms with Gasteiger partial charge in [-0.1, -0.05) is 18.2 Å². The number of hydrogen-bond acceptors (Lipinski definition) is 4. The number of benzene rings is 1. The molecular formula is C20H26N4O2. The van der Waals surface area contributed by atoms with Gasteiger partial charge in [0, 0.05) is 38.3 Å². The fraction of sp³-hybridized carbons (Fsp3) is 0.450. The monoisotopic (exact) mass is 354 g/mol. The van der Waals surface area contributed by atoms with Crippen molar-refractivity contribution in [3.63, 3.8) is 0 Å². The van der Waals surface area contributed by atoms with E-state index in [-0.39, 0.29) is 11.9 Å². The average molecular weight is 354 g/mol. The van der Waals surface area contributed by atoms with Gasteiger partial charge in [-0.05, 0) is 37.5 Å². The molecule has 0 amide bonds. The number of ether oxygens (including phenoxy) is 1. The van der Waals surface area contributed by atoms with Crippen molar-refractivity contribution in [2.45, 2.75) is 26.3 Å². The lowest BCUT2D eigenvalue weighted by atomic mass is 9.98. The molecule has 1 aliphatic rings. The second kappa shape index (κ2) is 8.65. The van der Waals surface area contributed by atoms with E-state index >= 15 is 0 Å². The molecule has 1 fully saturated rings. The Morgan fingerprint density at radius 3 is 3.04 bits per heavy atom. The number of guanidine groups is 1. The Kier molecular flexibility index (Phi) is 6.04. The minimum absolute atomic E-state index is 0.0796. The Bertz CT molecular complexity index is 785. The highest BCUT2D eigenvalue weighted by Gasteiger charge is 2.28. The van der Waals surface area contributed by atoms with Crippen LogP contribution in [-0.4, -0.2) is 48.6 Å². The number of aliphatic imine (C=N–C) groups is 1. The van der Waals surface area contributed by atoms with Gasteiger partial charge < -0.3 is 15.0 Å². The third-order valence-electron chi connectivity index (χ3n) is 4.73. The highest BCUT2D eigenvalue weighted by molar-refractivity contribution is 5.84. The quantitative estimate of drug-likeness (QED) is 0.519. The first-order valence-corrected chi connectivity index (χ1v) is 9.17.